The van der Waals surface area contributed by atoms with E-state index in [1.165, 1.54) is 0 Å². The van der Waals surface area contributed by atoms with E-state index >= 15 is 0 Å². The van der Waals surface area contributed by atoms with Gasteiger partial charge >= 0.3 is 0 Å². The Morgan fingerprint density at radius 2 is 2.40 bits per heavy atom. The molecular formula is C11H14N2O2. The van der Waals surface area contributed by atoms with Crippen molar-refractivity contribution in [2.75, 3.05) is 18.5 Å². The van der Waals surface area contributed by atoms with E-state index in [1.54, 1.807) is 0 Å². The van der Waals surface area contributed by atoms with Gasteiger partial charge < -0.3 is 5.32 Å². The lowest BCUT2D eigenvalue weighted by Crippen LogP contribution is -2.30. The molecule has 2 N–H and O–H groups in total. The van der Waals surface area contributed by atoms with Crippen LogP contribution in [-0.2, 0) is 9.63 Å². The van der Waals surface area contributed by atoms with Gasteiger partial charge in [0.05, 0.1) is 12.5 Å². The quantitative estimate of drug-likeness (QED) is 0.732. The molecule has 1 aliphatic heterocycles. The second kappa shape index (κ2) is 4.31. The Morgan fingerprint density at radius 3 is 3.20 bits per heavy atom. The summed E-state index contributed by atoms with van der Waals surface area (Å²) in [5.41, 5.74) is 4.51. The number of fused-ring (bicyclic) bond motifs is 1. The van der Waals surface area contributed by atoms with Crippen LogP contribution in [0.5, 0.6) is 0 Å². The van der Waals surface area contributed by atoms with Crippen molar-refractivity contribution in [1.82, 2.24) is 5.48 Å². The fourth-order valence-electron chi connectivity index (χ4n) is 1.73. The van der Waals surface area contributed by atoms with Gasteiger partial charge in [-0.2, -0.15) is 0 Å². The van der Waals surface area contributed by atoms with E-state index < -0.39 is 0 Å². The number of carbonyl (C=O) groups is 1. The summed E-state index contributed by atoms with van der Waals surface area (Å²) in [6, 6.07) is 7.83. The Kier molecular flexibility index (Phi) is 2.87. The average molecular weight is 206 g/mol. The smallest absolute Gasteiger partial charge is 0.252 e. The summed E-state index contributed by atoms with van der Waals surface area (Å²) in [5.74, 6) is -0.234. The molecule has 0 bridgehead atoms. The second-order valence-electron chi connectivity index (χ2n) is 3.42. The minimum absolute atomic E-state index is 0.0886. The third kappa shape index (κ3) is 1.94. The highest BCUT2D eigenvalue weighted by Crippen LogP contribution is 2.30. The van der Waals surface area contributed by atoms with E-state index in [2.05, 4.69) is 10.8 Å². The zero-order valence-electron chi connectivity index (χ0n) is 8.62. The van der Waals surface area contributed by atoms with Crippen LogP contribution in [0, 0.1) is 0 Å². The summed E-state index contributed by atoms with van der Waals surface area (Å²) >= 11 is 0. The van der Waals surface area contributed by atoms with Crippen LogP contribution in [-0.4, -0.2) is 19.1 Å². The lowest BCUT2D eigenvalue weighted by Gasteiger charge is -2.09. The maximum atomic E-state index is 11.7. The molecule has 4 nitrogen and oxygen atoms in total. The maximum absolute atomic E-state index is 11.7. The van der Waals surface area contributed by atoms with Crippen molar-refractivity contribution in [3.8, 4) is 0 Å². The molecular weight excluding hydrogens is 192 g/mol. The van der Waals surface area contributed by atoms with Gasteiger partial charge in [0.25, 0.3) is 5.91 Å². The molecule has 0 aromatic heterocycles. The van der Waals surface area contributed by atoms with Gasteiger partial charge in [-0.15, -0.1) is 0 Å². The third-order valence-electron chi connectivity index (χ3n) is 2.47. The Labute approximate surface area is 88.6 Å². The summed E-state index contributed by atoms with van der Waals surface area (Å²) in [6.07, 6.45) is 0. The van der Waals surface area contributed by atoms with Crippen LogP contribution in [0.15, 0.2) is 24.3 Å². The van der Waals surface area contributed by atoms with Crippen LogP contribution in [0.2, 0.25) is 0 Å². The first-order valence-electron chi connectivity index (χ1n) is 5.07. The van der Waals surface area contributed by atoms with Gasteiger partial charge in [0.2, 0.25) is 0 Å². The number of para-hydroxylation sites is 1. The monoisotopic (exact) mass is 206 g/mol. The van der Waals surface area contributed by atoms with Crippen molar-refractivity contribution in [3.63, 3.8) is 0 Å². The molecule has 0 radical (unpaired) electrons. The topological polar surface area (TPSA) is 50.4 Å². The first-order chi connectivity index (χ1) is 7.33. The number of nitrogens with one attached hydrogen (secondary N) is 2. The second-order valence-corrected chi connectivity index (χ2v) is 3.42. The van der Waals surface area contributed by atoms with Crippen molar-refractivity contribution in [2.45, 2.75) is 12.8 Å². The van der Waals surface area contributed by atoms with Gasteiger partial charge in [-0.05, 0) is 18.6 Å². The maximum Gasteiger partial charge on any atom is 0.252 e. The molecule has 0 aliphatic carbocycles. The van der Waals surface area contributed by atoms with Crippen LogP contribution < -0.4 is 10.8 Å². The van der Waals surface area contributed by atoms with Gasteiger partial charge in [-0.25, -0.2) is 5.48 Å². The zero-order valence-corrected chi connectivity index (χ0v) is 8.62. The number of hydrogen-bond acceptors (Lipinski definition) is 3. The molecule has 0 fully saturated rings. The Bertz CT molecular complexity index is 365. The number of hydrogen-bond donors (Lipinski definition) is 2. The number of rotatable bonds is 3. The van der Waals surface area contributed by atoms with Gasteiger partial charge in [0.15, 0.2) is 0 Å². The van der Waals surface area contributed by atoms with Crippen LogP contribution >= 0.6 is 0 Å². The molecule has 0 saturated heterocycles. The van der Waals surface area contributed by atoms with Gasteiger partial charge in [-0.1, -0.05) is 18.2 Å². The van der Waals surface area contributed by atoms with Crippen molar-refractivity contribution < 1.29 is 9.63 Å². The molecule has 0 saturated carbocycles. The van der Waals surface area contributed by atoms with E-state index in [9.17, 15) is 4.79 Å². The standard InChI is InChI=1S/C11H14N2O2/c1-2-15-13-11(14)9-7-12-10-6-4-3-5-8(9)10/h3-6,9,12H,2,7H2,1H3,(H,13,14). The number of anilines is 1. The van der Waals surface area contributed by atoms with Crippen molar-refractivity contribution in [3.05, 3.63) is 29.8 Å². The van der Waals surface area contributed by atoms with E-state index in [1.807, 2.05) is 31.2 Å². The molecule has 1 atom stereocenters. The molecule has 80 valence electrons. The molecule has 15 heavy (non-hydrogen) atoms. The molecule has 1 amide bonds. The minimum atomic E-state index is -0.146. The SMILES string of the molecule is CCONC(=O)C1CNc2ccccc21. The summed E-state index contributed by atoms with van der Waals surface area (Å²) in [5, 5.41) is 3.19. The number of carbonyl (C=O) groups excluding carboxylic acids is 1. The Morgan fingerprint density at radius 1 is 1.60 bits per heavy atom. The van der Waals surface area contributed by atoms with Crippen molar-refractivity contribution in [1.29, 1.82) is 0 Å². The largest absolute Gasteiger partial charge is 0.384 e. The zero-order chi connectivity index (χ0) is 10.7. The number of amides is 1. The molecule has 2 rings (SSSR count). The average Bonchev–Trinajstić information content (AvgIpc) is 2.69. The molecule has 1 heterocycles. The van der Waals surface area contributed by atoms with E-state index in [0.717, 1.165) is 11.3 Å². The van der Waals surface area contributed by atoms with Crippen LogP contribution in [0.3, 0.4) is 0 Å². The van der Waals surface area contributed by atoms with Gasteiger partial charge in [0, 0.05) is 12.2 Å². The summed E-state index contributed by atoms with van der Waals surface area (Å²) < 4.78 is 0. The molecule has 1 unspecified atom stereocenters. The lowest BCUT2D eigenvalue weighted by molar-refractivity contribution is -0.134. The summed E-state index contributed by atoms with van der Waals surface area (Å²) in [7, 11) is 0. The Balaban J connectivity index is 2.10. The number of hydroxylamine groups is 1. The number of benzene rings is 1. The highest BCUT2D eigenvalue weighted by Gasteiger charge is 2.27. The Hall–Kier alpha value is -1.55. The summed E-state index contributed by atoms with van der Waals surface area (Å²) in [4.78, 5) is 16.6. The van der Waals surface area contributed by atoms with Gasteiger partial charge in [-0.3, -0.25) is 9.63 Å². The highest BCUT2D eigenvalue weighted by molar-refractivity contribution is 5.87. The van der Waals surface area contributed by atoms with Crippen molar-refractivity contribution >= 4 is 11.6 Å². The predicted octanol–water partition coefficient (Wildman–Crippen LogP) is 1.26. The first-order valence-corrected chi connectivity index (χ1v) is 5.07. The highest BCUT2D eigenvalue weighted by atomic mass is 16.6. The summed E-state index contributed by atoms with van der Waals surface area (Å²) in [6.45, 7) is 2.95. The van der Waals surface area contributed by atoms with Crippen LogP contribution in [0.25, 0.3) is 0 Å². The molecule has 0 spiro atoms. The molecule has 1 aromatic carbocycles. The van der Waals surface area contributed by atoms with Gasteiger partial charge in [0.1, 0.15) is 0 Å². The van der Waals surface area contributed by atoms with Crippen LogP contribution in [0.4, 0.5) is 5.69 Å². The van der Waals surface area contributed by atoms with Crippen LogP contribution in [0.1, 0.15) is 18.4 Å². The van der Waals surface area contributed by atoms with E-state index in [-0.39, 0.29) is 11.8 Å². The predicted molar refractivity (Wildman–Crippen MR) is 57.4 cm³/mol. The fraction of sp³-hybridized carbons (Fsp3) is 0.364. The third-order valence-corrected chi connectivity index (χ3v) is 2.47. The molecule has 4 heteroatoms. The first kappa shape index (κ1) is 9.98. The lowest BCUT2D eigenvalue weighted by atomic mass is 10.0. The molecule has 1 aliphatic rings. The molecule has 1 aromatic rings. The normalized spacial score (nSPS) is 18.1. The van der Waals surface area contributed by atoms with Crippen molar-refractivity contribution in [2.24, 2.45) is 0 Å². The minimum Gasteiger partial charge on any atom is -0.384 e. The fourth-order valence-corrected chi connectivity index (χ4v) is 1.73. The van der Waals surface area contributed by atoms with E-state index in [4.69, 9.17) is 4.84 Å². The van der Waals surface area contributed by atoms with E-state index in [0.29, 0.717) is 13.2 Å².